The van der Waals surface area contributed by atoms with Gasteiger partial charge in [-0.25, -0.2) is 0 Å². The number of benzene rings is 1. The molecule has 1 aromatic rings. The van der Waals surface area contributed by atoms with Gasteiger partial charge in [-0.1, -0.05) is 43.2 Å². The van der Waals surface area contributed by atoms with Crippen LogP contribution < -0.4 is 11.1 Å². The molecule has 0 radical (unpaired) electrons. The summed E-state index contributed by atoms with van der Waals surface area (Å²) in [5.74, 6) is -0.0573. The first-order valence-electron chi connectivity index (χ1n) is 5.88. The summed E-state index contributed by atoms with van der Waals surface area (Å²) < 4.78 is 0. The smallest absolute Gasteiger partial charge is 0.241 e. The van der Waals surface area contributed by atoms with Gasteiger partial charge in [0.15, 0.2) is 0 Å². The zero-order valence-corrected chi connectivity index (χ0v) is 10.6. The van der Waals surface area contributed by atoms with Crippen LogP contribution in [-0.4, -0.2) is 11.9 Å². The summed E-state index contributed by atoms with van der Waals surface area (Å²) in [5.41, 5.74) is 6.78. The first-order valence-corrected chi connectivity index (χ1v) is 5.88. The number of carbonyl (C=O) groups excluding carboxylic acids is 1. The standard InChI is InChI=1S/C13H18N2O.ClH/c14-12(10-6-2-1-3-7-10)13(16)15-11-8-4-5-9-11;/h1-3,6-7,11-12H,4-5,8-9,14H2,(H,15,16);1H/t12-;/m0./s1. The Bertz CT molecular complexity index is 350. The Kier molecular flexibility index (Phi) is 5.45. The fourth-order valence-electron chi connectivity index (χ4n) is 2.17. The molecule has 0 bridgehead atoms. The number of rotatable bonds is 3. The van der Waals surface area contributed by atoms with Crippen LogP contribution in [0.5, 0.6) is 0 Å². The average Bonchev–Trinajstić information content (AvgIpc) is 2.82. The third kappa shape index (κ3) is 3.72. The molecule has 1 amide bonds. The lowest BCUT2D eigenvalue weighted by molar-refractivity contribution is -0.123. The van der Waals surface area contributed by atoms with Crippen molar-refractivity contribution in [2.75, 3.05) is 0 Å². The van der Waals surface area contributed by atoms with Crippen LogP contribution >= 0.6 is 12.4 Å². The molecule has 1 fully saturated rings. The van der Waals surface area contributed by atoms with Crippen molar-refractivity contribution in [1.29, 1.82) is 0 Å². The summed E-state index contributed by atoms with van der Waals surface area (Å²) >= 11 is 0. The minimum atomic E-state index is -0.540. The van der Waals surface area contributed by atoms with Gasteiger partial charge in [-0.15, -0.1) is 12.4 Å². The van der Waals surface area contributed by atoms with Gasteiger partial charge < -0.3 is 11.1 Å². The highest BCUT2D eigenvalue weighted by molar-refractivity contribution is 5.85. The molecular weight excluding hydrogens is 236 g/mol. The predicted molar refractivity (Wildman–Crippen MR) is 71.0 cm³/mol. The lowest BCUT2D eigenvalue weighted by Gasteiger charge is -2.16. The van der Waals surface area contributed by atoms with Gasteiger partial charge >= 0.3 is 0 Å². The van der Waals surface area contributed by atoms with Crippen molar-refractivity contribution in [3.63, 3.8) is 0 Å². The van der Waals surface area contributed by atoms with Crippen LogP contribution in [0.3, 0.4) is 0 Å². The molecule has 94 valence electrons. The van der Waals surface area contributed by atoms with Gasteiger partial charge in [-0.3, -0.25) is 4.79 Å². The molecule has 0 spiro atoms. The van der Waals surface area contributed by atoms with Gasteiger partial charge in [-0.05, 0) is 18.4 Å². The molecule has 1 aromatic carbocycles. The molecule has 1 aliphatic rings. The second kappa shape index (κ2) is 6.62. The zero-order valence-electron chi connectivity index (χ0n) is 9.76. The maximum Gasteiger partial charge on any atom is 0.241 e. The molecule has 3 nitrogen and oxygen atoms in total. The van der Waals surface area contributed by atoms with Crippen molar-refractivity contribution in [3.8, 4) is 0 Å². The van der Waals surface area contributed by atoms with Crippen LogP contribution in [0, 0.1) is 0 Å². The molecule has 17 heavy (non-hydrogen) atoms. The lowest BCUT2D eigenvalue weighted by Crippen LogP contribution is -2.39. The number of nitrogens with two attached hydrogens (primary N) is 1. The number of amides is 1. The van der Waals surface area contributed by atoms with Crippen LogP contribution in [0.1, 0.15) is 37.3 Å². The van der Waals surface area contributed by atoms with Crippen molar-refractivity contribution in [2.45, 2.75) is 37.8 Å². The quantitative estimate of drug-likeness (QED) is 0.869. The minimum Gasteiger partial charge on any atom is -0.352 e. The van der Waals surface area contributed by atoms with Gasteiger partial charge in [0.1, 0.15) is 6.04 Å². The molecule has 3 N–H and O–H groups in total. The van der Waals surface area contributed by atoms with Crippen LogP contribution in [-0.2, 0) is 4.79 Å². The lowest BCUT2D eigenvalue weighted by atomic mass is 10.1. The molecule has 0 aromatic heterocycles. The second-order valence-corrected chi connectivity index (χ2v) is 4.38. The van der Waals surface area contributed by atoms with E-state index in [0.29, 0.717) is 6.04 Å². The van der Waals surface area contributed by atoms with Gasteiger partial charge in [-0.2, -0.15) is 0 Å². The monoisotopic (exact) mass is 254 g/mol. The van der Waals surface area contributed by atoms with Gasteiger partial charge in [0.2, 0.25) is 5.91 Å². The third-order valence-electron chi connectivity index (χ3n) is 3.14. The van der Waals surface area contributed by atoms with E-state index < -0.39 is 6.04 Å². The Labute approximate surface area is 108 Å². The number of hydrogen-bond donors (Lipinski definition) is 2. The van der Waals surface area contributed by atoms with E-state index >= 15 is 0 Å². The number of halogens is 1. The van der Waals surface area contributed by atoms with E-state index in [2.05, 4.69) is 5.32 Å². The Morgan fingerprint density at radius 1 is 1.24 bits per heavy atom. The highest BCUT2D eigenvalue weighted by Crippen LogP contribution is 2.18. The first-order chi connectivity index (χ1) is 7.77. The zero-order chi connectivity index (χ0) is 11.4. The van der Waals surface area contributed by atoms with E-state index in [1.54, 1.807) is 0 Å². The largest absolute Gasteiger partial charge is 0.352 e. The van der Waals surface area contributed by atoms with E-state index in [0.717, 1.165) is 18.4 Å². The molecule has 1 atom stereocenters. The Morgan fingerprint density at radius 2 is 1.82 bits per heavy atom. The van der Waals surface area contributed by atoms with Crippen LogP contribution in [0.2, 0.25) is 0 Å². The maximum absolute atomic E-state index is 11.9. The summed E-state index contributed by atoms with van der Waals surface area (Å²) in [4.78, 5) is 11.9. The molecule has 1 aliphatic carbocycles. The second-order valence-electron chi connectivity index (χ2n) is 4.38. The van der Waals surface area contributed by atoms with E-state index in [9.17, 15) is 4.79 Å². The Hall–Kier alpha value is -1.06. The molecule has 0 aliphatic heterocycles. The van der Waals surface area contributed by atoms with Gasteiger partial charge in [0.25, 0.3) is 0 Å². The highest BCUT2D eigenvalue weighted by atomic mass is 35.5. The van der Waals surface area contributed by atoms with E-state index in [1.165, 1.54) is 12.8 Å². The van der Waals surface area contributed by atoms with Gasteiger partial charge in [0.05, 0.1) is 0 Å². The third-order valence-corrected chi connectivity index (χ3v) is 3.14. The average molecular weight is 255 g/mol. The first kappa shape index (κ1) is 14.0. The van der Waals surface area contributed by atoms with Gasteiger partial charge in [0, 0.05) is 6.04 Å². The van der Waals surface area contributed by atoms with Crippen molar-refractivity contribution in [3.05, 3.63) is 35.9 Å². The maximum atomic E-state index is 11.9. The number of carbonyl (C=O) groups is 1. The molecule has 2 rings (SSSR count). The molecule has 0 heterocycles. The van der Waals surface area contributed by atoms with E-state index in [1.807, 2.05) is 30.3 Å². The number of hydrogen-bond acceptors (Lipinski definition) is 2. The van der Waals surface area contributed by atoms with Crippen molar-refractivity contribution in [1.82, 2.24) is 5.32 Å². The van der Waals surface area contributed by atoms with Crippen LogP contribution in [0.4, 0.5) is 0 Å². The van der Waals surface area contributed by atoms with Crippen LogP contribution in [0.15, 0.2) is 30.3 Å². The topological polar surface area (TPSA) is 55.1 Å². The van der Waals surface area contributed by atoms with Crippen molar-refractivity contribution in [2.24, 2.45) is 5.73 Å². The fraction of sp³-hybridized carbons (Fsp3) is 0.462. The molecule has 0 unspecified atom stereocenters. The molecular formula is C13H19ClN2O. The summed E-state index contributed by atoms with van der Waals surface area (Å²) in [6, 6.07) is 9.29. The SMILES string of the molecule is Cl.N[C@H](C(=O)NC1CCCC1)c1ccccc1. The summed E-state index contributed by atoms with van der Waals surface area (Å²) in [6.07, 6.45) is 4.61. The van der Waals surface area contributed by atoms with E-state index in [-0.39, 0.29) is 18.3 Å². The minimum absolute atomic E-state index is 0. The summed E-state index contributed by atoms with van der Waals surface area (Å²) in [7, 11) is 0. The normalized spacial score (nSPS) is 17.2. The molecule has 1 saturated carbocycles. The fourth-order valence-corrected chi connectivity index (χ4v) is 2.17. The molecule has 0 saturated heterocycles. The van der Waals surface area contributed by atoms with Crippen molar-refractivity contribution >= 4 is 18.3 Å². The van der Waals surface area contributed by atoms with Crippen LogP contribution in [0.25, 0.3) is 0 Å². The number of nitrogens with one attached hydrogen (secondary N) is 1. The summed E-state index contributed by atoms with van der Waals surface area (Å²) in [6.45, 7) is 0. The Balaban J connectivity index is 0.00000144. The summed E-state index contributed by atoms with van der Waals surface area (Å²) in [5, 5.41) is 3.01. The predicted octanol–water partition coefficient (Wildman–Crippen LogP) is 2.17. The highest BCUT2D eigenvalue weighted by Gasteiger charge is 2.21. The van der Waals surface area contributed by atoms with Crippen molar-refractivity contribution < 1.29 is 4.79 Å². The molecule has 4 heteroatoms. The van der Waals surface area contributed by atoms with E-state index in [4.69, 9.17) is 5.73 Å². The Morgan fingerprint density at radius 3 is 2.41 bits per heavy atom.